The van der Waals surface area contributed by atoms with Crippen molar-refractivity contribution >= 4 is 6.09 Å². The van der Waals surface area contributed by atoms with E-state index >= 15 is 0 Å². The lowest BCUT2D eigenvalue weighted by Gasteiger charge is -2.24. The third-order valence-corrected chi connectivity index (χ3v) is 2.37. The highest BCUT2D eigenvalue weighted by atomic mass is 19.1. The maximum atomic E-state index is 13.4. The van der Waals surface area contributed by atoms with Crippen LogP contribution in [0.4, 0.5) is 9.18 Å². The number of amides is 1. The summed E-state index contributed by atoms with van der Waals surface area (Å²) in [4.78, 5) is 12.9. The van der Waals surface area contributed by atoms with E-state index in [1.54, 1.807) is 20.8 Å². The molecule has 2 unspecified atom stereocenters. The average molecular weight is 228 g/mol. The summed E-state index contributed by atoms with van der Waals surface area (Å²) >= 11 is 0. The van der Waals surface area contributed by atoms with Gasteiger partial charge >= 0.3 is 6.09 Å². The third kappa shape index (κ3) is 3.37. The lowest BCUT2D eigenvalue weighted by molar-refractivity contribution is 0.0281. The minimum absolute atomic E-state index is 0.0290. The minimum atomic E-state index is -1.12. The van der Waals surface area contributed by atoms with Crippen LogP contribution in [0.15, 0.2) is 0 Å². The molecule has 0 saturated carbocycles. The van der Waals surface area contributed by atoms with Crippen molar-refractivity contribution in [2.75, 3.05) is 13.1 Å². The summed E-state index contributed by atoms with van der Waals surface area (Å²) < 4.78 is 18.6. The number of hydrogen-bond acceptors (Lipinski definition) is 3. The zero-order chi connectivity index (χ0) is 12.3. The SMILES string of the molecule is CC(C)(C)OC(=O)N1CC(F)C(CC#N)C1. The molecule has 0 aromatic heterocycles. The summed E-state index contributed by atoms with van der Waals surface area (Å²) in [6.07, 6.45) is -1.48. The van der Waals surface area contributed by atoms with Crippen molar-refractivity contribution in [3.8, 4) is 6.07 Å². The van der Waals surface area contributed by atoms with E-state index in [-0.39, 0.29) is 25.4 Å². The molecule has 2 atom stereocenters. The van der Waals surface area contributed by atoms with Crippen molar-refractivity contribution in [3.05, 3.63) is 0 Å². The normalized spacial score (nSPS) is 25.3. The number of nitrogens with zero attached hydrogens (tertiary/aromatic N) is 2. The zero-order valence-electron chi connectivity index (χ0n) is 9.86. The van der Waals surface area contributed by atoms with E-state index < -0.39 is 17.9 Å². The molecular weight excluding hydrogens is 211 g/mol. The quantitative estimate of drug-likeness (QED) is 0.690. The highest BCUT2D eigenvalue weighted by Crippen LogP contribution is 2.24. The summed E-state index contributed by atoms with van der Waals surface area (Å²) in [5.74, 6) is -0.377. The predicted octanol–water partition coefficient (Wildman–Crippen LogP) is 2.11. The molecule has 1 rings (SSSR count). The van der Waals surface area contributed by atoms with E-state index in [0.717, 1.165) is 0 Å². The van der Waals surface area contributed by atoms with E-state index in [0.29, 0.717) is 0 Å². The van der Waals surface area contributed by atoms with Crippen molar-refractivity contribution in [1.29, 1.82) is 5.26 Å². The highest BCUT2D eigenvalue weighted by molar-refractivity contribution is 5.68. The third-order valence-electron chi connectivity index (χ3n) is 2.37. The number of likely N-dealkylation sites (tertiary alicyclic amines) is 1. The van der Waals surface area contributed by atoms with Crippen LogP contribution in [0.1, 0.15) is 27.2 Å². The fourth-order valence-corrected chi connectivity index (χ4v) is 1.62. The van der Waals surface area contributed by atoms with Gasteiger partial charge in [-0.1, -0.05) is 0 Å². The van der Waals surface area contributed by atoms with Crippen LogP contribution in [-0.2, 0) is 4.74 Å². The maximum Gasteiger partial charge on any atom is 0.410 e. The Morgan fingerprint density at radius 3 is 2.69 bits per heavy atom. The van der Waals surface area contributed by atoms with Gasteiger partial charge in [-0.25, -0.2) is 9.18 Å². The van der Waals surface area contributed by atoms with Gasteiger partial charge in [-0.2, -0.15) is 5.26 Å². The number of hydrogen-bond donors (Lipinski definition) is 0. The second-order valence-corrected chi connectivity index (χ2v) is 5.02. The van der Waals surface area contributed by atoms with Crippen molar-refractivity contribution in [2.45, 2.75) is 39.0 Å². The van der Waals surface area contributed by atoms with Gasteiger partial charge in [-0.3, -0.25) is 0 Å². The molecule has 16 heavy (non-hydrogen) atoms. The smallest absolute Gasteiger partial charge is 0.410 e. The van der Waals surface area contributed by atoms with Crippen molar-refractivity contribution in [1.82, 2.24) is 4.90 Å². The predicted molar refractivity (Wildman–Crippen MR) is 56.4 cm³/mol. The Balaban J connectivity index is 2.52. The van der Waals surface area contributed by atoms with Gasteiger partial charge in [0.1, 0.15) is 11.8 Å². The molecule has 4 nitrogen and oxygen atoms in total. The Labute approximate surface area is 95.0 Å². The fraction of sp³-hybridized carbons (Fsp3) is 0.818. The van der Waals surface area contributed by atoms with Gasteiger partial charge < -0.3 is 9.64 Å². The van der Waals surface area contributed by atoms with Crippen molar-refractivity contribution in [2.24, 2.45) is 5.92 Å². The fourth-order valence-electron chi connectivity index (χ4n) is 1.62. The molecule has 1 aliphatic heterocycles. The van der Waals surface area contributed by atoms with Crippen LogP contribution in [-0.4, -0.2) is 35.9 Å². The topological polar surface area (TPSA) is 53.3 Å². The van der Waals surface area contributed by atoms with Gasteiger partial charge in [-0.15, -0.1) is 0 Å². The largest absolute Gasteiger partial charge is 0.444 e. The second-order valence-electron chi connectivity index (χ2n) is 5.02. The van der Waals surface area contributed by atoms with Gasteiger partial charge in [0.05, 0.1) is 12.6 Å². The van der Waals surface area contributed by atoms with Crippen LogP contribution in [0.2, 0.25) is 0 Å². The van der Waals surface area contributed by atoms with Crippen molar-refractivity contribution < 1.29 is 13.9 Å². The Morgan fingerprint density at radius 1 is 1.56 bits per heavy atom. The molecule has 1 heterocycles. The summed E-state index contributed by atoms with van der Waals surface area (Å²) in [6.45, 7) is 5.59. The van der Waals surface area contributed by atoms with Crippen LogP contribution in [0.5, 0.6) is 0 Å². The zero-order valence-corrected chi connectivity index (χ0v) is 9.86. The number of nitriles is 1. The van der Waals surface area contributed by atoms with Crippen LogP contribution >= 0.6 is 0 Å². The van der Waals surface area contributed by atoms with E-state index in [4.69, 9.17) is 10.00 Å². The number of carbonyl (C=O) groups excluding carboxylic acids is 1. The van der Waals surface area contributed by atoms with E-state index in [1.165, 1.54) is 4.90 Å². The molecule has 0 bridgehead atoms. The number of ether oxygens (including phenoxy) is 1. The molecule has 0 aliphatic carbocycles. The minimum Gasteiger partial charge on any atom is -0.444 e. The molecule has 1 amide bonds. The molecule has 0 spiro atoms. The number of rotatable bonds is 1. The molecule has 90 valence electrons. The summed E-state index contributed by atoms with van der Waals surface area (Å²) in [5, 5.41) is 8.50. The van der Waals surface area contributed by atoms with Crippen LogP contribution in [0.25, 0.3) is 0 Å². The number of alkyl halides is 1. The highest BCUT2D eigenvalue weighted by Gasteiger charge is 2.36. The first-order valence-corrected chi connectivity index (χ1v) is 5.32. The Bertz CT molecular complexity index is 306. The lowest BCUT2D eigenvalue weighted by Crippen LogP contribution is -2.35. The van der Waals surface area contributed by atoms with Crippen molar-refractivity contribution in [3.63, 3.8) is 0 Å². The Morgan fingerprint density at radius 2 is 2.19 bits per heavy atom. The molecule has 1 saturated heterocycles. The summed E-state index contributed by atoms with van der Waals surface area (Å²) in [5.41, 5.74) is -0.573. The van der Waals surface area contributed by atoms with Gasteiger partial charge in [0, 0.05) is 18.9 Å². The number of halogens is 1. The van der Waals surface area contributed by atoms with Crippen LogP contribution < -0.4 is 0 Å². The Hall–Kier alpha value is -1.31. The number of carbonyl (C=O) groups is 1. The van der Waals surface area contributed by atoms with Crippen LogP contribution in [0.3, 0.4) is 0 Å². The van der Waals surface area contributed by atoms with Crippen LogP contribution in [0, 0.1) is 17.2 Å². The first-order chi connectivity index (χ1) is 7.33. The molecule has 1 fully saturated rings. The lowest BCUT2D eigenvalue weighted by atomic mass is 10.0. The average Bonchev–Trinajstić information content (AvgIpc) is 2.46. The second kappa shape index (κ2) is 4.69. The molecule has 0 aromatic rings. The molecular formula is C11H17FN2O2. The van der Waals surface area contributed by atoms with E-state index in [2.05, 4.69) is 0 Å². The molecule has 5 heteroatoms. The first-order valence-electron chi connectivity index (χ1n) is 5.32. The summed E-state index contributed by atoms with van der Waals surface area (Å²) in [6, 6.07) is 1.93. The summed E-state index contributed by atoms with van der Waals surface area (Å²) in [7, 11) is 0. The molecule has 1 aliphatic rings. The van der Waals surface area contributed by atoms with Gasteiger partial charge in [-0.05, 0) is 20.8 Å². The molecule has 0 N–H and O–H groups in total. The molecule has 0 radical (unpaired) electrons. The first kappa shape index (κ1) is 12.8. The Kier molecular flexibility index (Phi) is 3.74. The maximum absolute atomic E-state index is 13.4. The van der Waals surface area contributed by atoms with Gasteiger partial charge in [0.25, 0.3) is 0 Å². The van der Waals surface area contributed by atoms with Gasteiger partial charge in [0.15, 0.2) is 0 Å². The molecule has 0 aromatic carbocycles. The van der Waals surface area contributed by atoms with E-state index in [1.807, 2.05) is 6.07 Å². The monoisotopic (exact) mass is 228 g/mol. The van der Waals surface area contributed by atoms with Gasteiger partial charge in [0.2, 0.25) is 0 Å². The van der Waals surface area contributed by atoms with E-state index in [9.17, 15) is 9.18 Å². The standard InChI is InChI=1S/C11H17FN2O2/c1-11(2,3)16-10(15)14-6-8(4-5-13)9(12)7-14/h8-9H,4,6-7H2,1-3H3.